The Morgan fingerprint density at radius 2 is 1.81 bits per heavy atom. The molecule has 0 atom stereocenters. The molecular weight excluding hydrogens is 418 g/mol. The van der Waals surface area contributed by atoms with Crippen molar-refractivity contribution in [3.63, 3.8) is 0 Å². The van der Waals surface area contributed by atoms with Gasteiger partial charge in [0.25, 0.3) is 0 Å². The minimum absolute atomic E-state index is 0.0781. The molecule has 1 aromatic carbocycles. The standard InChI is InChI=1S/C22H37N3O5S/c1-18(2)29-16-5-12-23-22(26)19-10-13-25(14-11-19)15-17-30-20-6-8-21(9-7-20)31(27,28)24(3)4/h6-9,18-19H,5,10-17H2,1-4H3,(H,23,26). The Hall–Kier alpha value is -1.68. The Morgan fingerprint density at radius 1 is 1.16 bits per heavy atom. The predicted octanol–water partition coefficient (Wildman–Crippen LogP) is 1.96. The first-order chi connectivity index (χ1) is 14.7. The summed E-state index contributed by atoms with van der Waals surface area (Å²) < 4.78 is 36.6. The van der Waals surface area contributed by atoms with Gasteiger partial charge in [-0.3, -0.25) is 9.69 Å². The second-order valence-corrected chi connectivity index (χ2v) is 10.4. The fraction of sp³-hybridized carbons (Fsp3) is 0.682. The number of ether oxygens (including phenoxy) is 2. The molecule has 0 radical (unpaired) electrons. The maximum absolute atomic E-state index is 12.3. The Bertz CT molecular complexity index is 773. The van der Waals surface area contributed by atoms with Crippen LogP contribution in [0.3, 0.4) is 0 Å². The molecule has 1 saturated heterocycles. The largest absolute Gasteiger partial charge is 0.492 e. The van der Waals surface area contributed by atoms with Gasteiger partial charge in [-0.25, -0.2) is 12.7 Å². The molecule has 2 rings (SSSR count). The Morgan fingerprint density at radius 3 is 2.39 bits per heavy atom. The molecule has 0 spiro atoms. The zero-order chi connectivity index (χ0) is 22.9. The second-order valence-electron chi connectivity index (χ2n) is 8.29. The fourth-order valence-electron chi connectivity index (χ4n) is 3.38. The van der Waals surface area contributed by atoms with Crippen LogP contribution in [-0.2, 0) is 19.6 Å². The van der Waals surface area contributed by atoms with E-state index in [-0.39, 0.29) is 22.8 Å². The molecule has 0 saturated carbocycles. The van der Waals surface area contributed by atoms with Crippen LogP contribution in [0, 0.1) is 5.92 Å². The smallest absolute Gasteiger partial charge is 0.242 e. The molecule has 31 heavy (non-hydrogen) atoms. The van der Waals surface area contributed by atoms with Gasteiger partial charge in [0.2, 0.25) is 15.9 Å². The lowest BCUT2D eigenvalue weighted by Gasteiger charge is -2.31. The number of nitrogens with zero attached hydrogens (tertiary/aromatic N) is 2. The van der Waals surface area contributed by atoms with Crippen molar-refractivity contribution in [1.29, 1.82) is 0 Å². The van der Waals surface area contributed by atoms with E-state index in [1.54, 1.807) is 24.3 Å². The predicted molar refractivity (Wildman–Crippen MR) is 121 cm³/mol. The van der Waals surface area contributed by atoms with Crippen LogP contribution in [0.5, 0.6) is 5.75 Å². The van der Waals surface area contributed by atoms with Crippen LogP contribution in [0.1, 0.15) is 33.1 Å². The number of hydrogen-bond donors (Lipinski definition) is 1. The SMILES string of the molecule is CC(C)OCCCNC(=O)C1CCN(CCOc2ccc(S(=O)(=O)N(C)C)cc2)CC1. The summed E-state index contributed by atoms with van der Waals surface area (Å²) in [5.74, 6) is 0.871. The summed E-state index contributed by atoms with van der Waals surface area (Å²) in [5.41, 5.74) is 0. The van der Waals surface area contributed by atoms with Gasteiger partial charge in [0, 0.05) is 39.7 Å². The van der Waals surface area contributed by atoms with E-state index in [1.165, 1.54) is 18.4 Å². The molecule has 0 aromatic heterocycles. The summed E-state index contributed by atoms with van der Waals surface area (Å²) in [6.45, 7) is 8.39. The normalized spacial score (nSPS) is 16.1. The number of carbonyl (C=O) groups excluding carboxylic acids is 1. The molecule has 1 aromatic rings. The molecular formula is C22H37N3O5S. The van der Waals surface area contributed by atoms with Gasteiger partial charge in [-0.05, 0) is 70.5 Å². The topological polar surface area (TPSA) is 88.2 Å². The fourth-order valence-corrected chi connectivity index (χ4v) is 4.28. The number of carbonyl (C=O) groups is 1. The summed E-state index contributed by atoms with van der Waals surface area (Å²) in [6.07, 6.45) is 2.77. The number of sulfonamides is 1. The summed E-state index contributed by atoms with van der Waals surface area (Å²) in [5, 5.41) is 3.02. The minimum atomic E-state index is -3.43. The van der Waals surface area contributed by atoms with Crippen LogP contribution in [0.15, 0.2) is 29.2 Å². The van der Waals surface area contributed by atoms with E-state index >= 15 is 0 Å². The molecule has 1 heterocycles. The van der Waals surface area contributed by atoms with Gasteiger partial charge in [-0.1, -0.05) is 0 Å². The average Bonchev–Trinajstić information content (AvgIpc) is 2.74. The van der Waals surface area contributed by atoms with Crippen LogP contribution < -0.4 is 10.1 Å². The first-order valence-electron chi connectivity index (χ1n) is 11.0. The summed E-state index contributed by atoms with van der Waals surface area (Å²) in [7, 11) is -0.407. The zero-order valence-corrected chi connectivity index (χ0v) is 20.0. The average molecular weight is 456 g/mol. The van der Waals surface area contributed by atoms with Gasteiger partial charge >= 0.3 is 0 Å². The van der Waals surface area contributed by atoms with Crippen molar-refractivity contribution in [3.05, 3.63) is 24.3 Å². The van der Waals surface area contributed by atoms with E-state index in [0.29, 0.717) is 25.5 Å². The van der Waals surface area contributed by atoms with E-state index in [0.717, 1.165) is 38.9 Å². The number of benzene rings is 1. The Balaban J connectivity index is 1.63. The molecule has 0 aliphatic carbocycles. The van der Waals surface area contributed by atoms with Crippen molar-refractivity contribution >= 4 is 15.9 Å². The van der Waals surface area contributed by atoms with Crippen LogP contribution in [0.2, 0.25) is 0 Å². The molecule has 0 bridgehead atoms. The molecule has 1 fully saturated rings. The Kier molecular flexibility index (Phi) is 10.2. The highest BCUT2D eigenvalue weighted by molar-refractivity contribution is 7.89. The van der Waals surface area contributed by atoms with Gasteiger partial charge < -0.3 is 14.8 Å². The highest BCUT2D eigenvalue weighted by Crippen LogP contribution is 2.19. The molecule has 9 heteroatoms. The van der Waals surface area contributed by atoms with Gasteiger partial charge in [0.1, 0.15) is 12.4 Å². The third-order valence-electron chi connectivity index (χ3n) is 5.31. The number of rotatable bonds is 12. The van der Waals surface area contributed by atoms with Gasteiger partial charge in [-0.15, -0.1) is 0 Å². The molecule has 1 aliphatic rings. The van der Waals surface area contributed by atoms with Crippen LogP contribution in [0.4, 0.5) is 0 Å². The summed E-state index contributed by atoms with van der Waals surface area (Å²) in [4.78, 5) is 14.8. The molecule has 1 aliphatic heterocycles. The van der Waals surface area contributed by atoms with Crippen LogP contribution in [-0.4, -0.2) is 83.1 Å². The second kappa shape index (κ2) is 12.4. The molecule has 8 nitrogen and oxygen atoms in total. The molecule has 1 amide bonds. The lowest BCUT2D eigenvalue weighted by atomic mass is 9.96. The minimum Gasteiger partial charge on any atom is -0.492 e. The van der Waals surface area contributed by atoms with E-state index in [1.807, 2.05) is 13.8 Å². The zero-order valence-electron chi connectivity index (χ0n) is 19.2. The number of likely N-dealkylation sites (tertiary alicyclic amines) is 1. The van der Waals surface area contributed by atoms with E-state index in [2.05, 4.69) is 10.2 Å². The molecule has 1 N–H and O–H groups in total. The van der Waals surface area contributed by atoms with Gasteiger partial charge in [0.05, 0.1) is 11.0 Å². The molecule has 0 unspecified atom stereocenters. The summed E-state index contributed by atoms with van der Waals surface area (Å²) in [6, 6.07) is 6.48. The third-order valence-corrected chi connectivity index (χ3v) is 7.14. The molecule has 176 valence electrons. The first-order valence-corrected chi connectivity index (χ1v) is 12.4. The quantitative estimate of drug-likeness (QED) is 0.485. The third kappa shape index (κ3) is 8.40. The lowest BCUT2D eigenvalue weighted by Crippen LogP contribution is -2.42. The van der Waals surface area contributed by atoms with Gasteiger partial charge in [-0.2, -0.15) is 0 Å². The number of amides is 1. The Labute approximate surface area is 186 Å². The van der Waals surface area contributed by atoms with Gasteiger partial charge in [0.15, 0.2) is 0 Å². The lowest BCUT2D eigenvalue weighted by molar-refractivity contribution is -0.126. The van der Waals surface area contributed by atoms with Crippen molar-refractivity contribution in [1.82, 2.24) is 14.5 Å². The first kappa shape index (κ1) is 25.6. The maximum atomic E-state index is 12.3. The van der Waals surface area contributed by atoms with Crippen LogP contribution >= 0.6 is 0 Å². The van der Waals surface area contributed by atoms with E-state index < -0.39 is 10.0 Å². The summed E-state index contributed by atoms with van der Waals surface area (Å²) >= 11 is 0. The number of hydrogen-bond acceptors (Lipinski definition) is 6. The highest BCUT2D eigenvalue weighted by Gasteiger charge is 2.24. The van der Waals surface area contributed by atoms with E-state index in [9.17, 15) is 13.2 Å². The maximum Gasteiger partial charge on any atom is 0.242 e. The van der Waals surface area contributed by atoms with E-state index in [4.69, 9.17) is 9.47 Å². The van der Waals surface area contributed by atoms with Crippen molar-refractivity contribution in [3.8, 4) is 5.75 Å². The highest BCUT2D eigenvalue weighted by atomic mass is 32.2. The van der Waals surface area contributed by atoms with Crippen molar-refractivity contribution < 1.29 is 22.7 Å². The van der Waals surface area contributed by atoms with Crippen LogP contribution in [0.25, 0.3) is 0 Å². The number of piperidine rings is 1. The van der Waals surface area contributed by atoms with Crippen molar-refractivity contribution in [2.45, 2.75) is 44.1 Å². The van der Waals surface area contributed by atoms with Crippen molar-refractivity contribution in [2.75, 3.05) is 53.5 Å². The number of nitrogens with one attached hydrogen (secondary N) is 1. The monoisotopic (exact) mass is 455 g/mol. The van der Waals surface area contributed by atoms with Crippen molar-refractivity contribution in [2.24, 2.45) is 5.92 Å².